The fraction of sp³-hybridized carbons (Fsp3) is 0.292. The molecule has 144 valence electrons. The minimum absolute atomic E-state index is 0.731. The summed E-state index contributed by atoms with van der Waals surface area (Å²) in [4.78, 5) is 5.74. The van der Waals surface area contributed by atoms with Crippen LogP contribution in [0.5, 0.6) is 0 Å². The molecule has 2 aromatic carbocycles. The van der Waals surface area contributed by atoms with Crippen LogP contribution in [-0.4, -0.2) is 6.21 Å². The molecule has 1 aliphatic carbocycles. The Bertz CT molecular complexity index is 938. The van der Waals surface area contributed by atoms with Crippen molar-refractivity contribution in [2.45, 2.75) is 54.9 Å². The highest BCUT2D eigenvalue weighted by molar-refractivity contribution is 9.10. The van der Waals surface area contributed by atoms with Crippen LogP contribution in [0.15, 0.2) is 78.5 Å². The number of halogens is 1. The van der Waals surface area contributed by atoms with Gasteiger partial charge in [0.2, 0.25) is 0 Å². The fourth-order valence-electron chi connectivity index (χ4n) is 3.62. The van der Waals surface area contributed by atoms with Crippen molar-refractivity contribution >= 4 is 39.6 Å². The number of furan rings is 1. The molecule has 0 radical (unpaired) electrons. The normalized spacial score (nSPS) is 15.4. The molecule has 0 atom stereocenters. The number of hydrogen-bond acceptors (Lipinski definition) is 3. The highest BCUT2D eigenvalue weighted by Gasteiger charge is 2.15. The van der Waals surface area contributed by atoms with Crippen molar-refractivity contribution in [3.8, 4) is 0 Å². The van der Waals surface area contributed by atoms with E-state index in [4.69, 9.17) is 4.42 Å². The van der Waals surface area contributed by atoms with E-state index < -0.39 is 0 Å². The smallest absolute Gasteiger partial charge is 0.179 e. The van der Waals surface area contributed by atoms with E-state index in [2.05, 4.69) is 76.4 Å². The summed E-state index contributed by atoms with van der Waals surface area (Å²) in [5, 5.41) is 0.845. The van der Waals surface area contributed by atoms with Gasteiger partial charge in [-0.15, -0.1) is 0 Å². The Labute approximate surface area is 179 Å². The summed E-state index contributed by atoms with van der Waals surface area (Å²) in [7, 11) is 0. The molecule has 2 nitrogen and oxygen atoms in total. The lowest BCUT2D eigenvalue weighted by Gasteiger charge is -2.21. The first kappa shape index (κ1) is 19.5. The van der Waals surface area contributed by atoms with Crippen LogP contribution in [0, 0.1) is 6.92 Å². The molecule has 0 bridgehead atoms. The van der Waals surface area contributed by atoms with Crippen molar-refractivity contribution < 1.29 is 4.42 Å². The molecule has 3 aromatic rings. The number of nitrogens with zero attached hydrogens (tertiary/aromatic N) is 1. The SMILES string of the molecule is Cc1ccc(Sc2oc(C=Nc3ccc(C4CCCCC4)cc3)cc2Br)cc1. The fourth-order valence-corrected chi connectivity index (χ4v) is 4.95. The summed E-state index contributed by atoms with van der Waals surface area (Å²) in [6, 6.07) is 19.1. The second-order valence-electron chi connectivity index (χ2n) is 7.38. The number of rotatable bonds is 5. The predicted molar refractivity (Wildman–Crippen MR) is 121 cm³/mol. The molecule has 0 spiro atoms. The molecule has 0 amide bonds. The minimum Gasteiger partial charge on any atom is -0.447 e. The van der Waals surface area contributed by atoms with Crippen LogP contribution in [-0.2, 0) is 0 Å². The van der Waals surface area contributed by atoms with Gasteiger partial charge < -0.3 is 4.42 Å². The first-order valence-electron chi connectivity index (χ1n) is 9.85. The molecular formula is C24H24BrNOS. The third-order valence-corrected chi connectivity index (χ3v) is 7.06. The zero-order chi connectivity index (χ0) is 19.3. The molecule has 1 aliphatic rings. The molecule has 1 fully saturated rings. The second-order valence-corrected chi connectivity index (χ2v) is 9.28. The topological polar surface area (TPSA) is 25.5 Å². The molecule has 0 N–H and O–H groups in total. The Morgan fingerprint density at radius 2 is 1.71 bits per heavy atom. The van der Waals surface area contributed by atoms with Crippen molar-refractivity contribution in [2.75, 3.05) is 0 Å². The van der Waals surface area contributed by atoms with E-state index in [1.54, 1.807) is 18.0 Å². The maximum Gasteiger partial charge on any atom is 0.179 e. The molecular weight excluding hydrogens is 430 g/mol. The van der Waals surface area contributed by atoms with Crippen LogP contribution < -0.4 is 0 Å². The lowest BCUT2D eigenvalue weighted by atomic mass is 9.84. The van der Waals surface area contributed by atoms with Crippen molar-refractivity contribution in [3.63, 3.8) is 0 Å². The van der Waals surface area contributed by atoms with Gasteiger partial charge in [0.25, 0.3) is 0 Å². The Morgan fingerprint density at radius 1 is 1.00 bits per heavy atom. The van der Waals surface area contributed by atoms with Gasteiger partial charge >= 0.3 is 0 Å². The molecule has 4 heteroatoms. The Kier molecular flexibility index (Phi) is 6.38. The lowest BCUT2D eigenvalue weighted by Crippen LogP contribution is -2.03. The lowest BCUT2D eigenvalue weighted by molar-refractivity contribution is 0.443. The van der Waals surface area contributed by atoms with Gasteiger partial charge in [-0.2, -0.15) is 0 Å². The molecule has 1 aromatic heterocycles. The first-order valence-corrected chi connectivity index (χ1v) is 11.5. The maximum atomic E-state index is 5.96. The number of aliphatic imine (C=N–C) groups is 1. The van der Waals surface area contributed by atoms with Gasteiger partial charge in [-0.3, -0.25) is 4.99 Å². The van der Waals surface area contributed by atoms with E-state index in [9.17, 15) is 0 Å². The molecule has 1 saturated carbocycles. The Balaban J connectivity index is 1.42. The van der Waals surface area contributed by atoms with Crippen LogP contribution in [0.1, 0.15) is 54.9 Å². The van der Waals surface area contributed by atoms with Gasteiger partial charge in [-0.05, 0) is 71.4 Å². The van der Waals surface area contributed by atoms with E-state index in [1.165, 1.54) is 43.2 Å². The summed E-state index contributed by atoms with van der Waals surface area (Å²) < 4.78 is 6.91. The Hall–Kier alpha value is -1.78. The minimum atomic E-state index is 0.731. The average molecular weight is 454 g/mol. The maximum absolute atomic E-state index is 5.96. The van der Waals surface area contributed by atoms with Gasteiger partial charge in [0.05, 0.1) is 16.4 Å². The first-order chi connectivity index (χ1) is 13.7. The highest BCUT2D eigenvalue weighted by Crippen LogP contribution is 2.36. The van der Waals surface area contributed by atoms with Crippen LogP contribution in [0.25, 0.3) is 0 Å². The summed E-state index contributed by atoms with van der Waals surface area (Å²) >= 11 is 5.20. The van der Waals surface area contributed by atoms with Crippen molar-refractivity contribution in [1.29, 1.82) is 0 Å². The Morgan fingerprint density at radius 3 is 2.43 bits per heavy atom. The van der Waals surface area contributed by atoms with Crippen LogP contribution >= 0.6 is 27.7 Å². The van der Waals surface area contributed by atoms with Crippen LogP contribution in [0.3, 0.4) is 0 Å². The van der Waals surface area contributed by atoms with Crippen LogP contribution in [0.2, 0.25) is 0 Å². The predicted octanol–water partition coefficient (Wildman–Crippen LogP) is 8.30. The zero-order valence-corrected chi connectivity index (χ0v) is 18.4. The molecule has 0 unspecified atom stereocenters. The quantitative estimate of drug-likeness (QED) is 0.362. The van der Waals surface area contributed by atoms with E-state index >= 15 is 0 Å². The van der Waals surface area contributed by atoms with Gasteiger partial charge in [-0.25, -0.2) is 0 Å². The highest BCUT2D eigenvalue weighted by atomic mass is 79.9. The second kappa shape index (κ2) is 9.15. The average Bonchev–Trinajstić information content (AvgIpc) is 3.08. The number of hydrogen-bond donors (Lipinski definition) is 0. The molecule has 4 rings (SSSR count). The molecule has 1 heterocycles. The van der Waals surface area contributed by atoms with Gasteiger partial charge in [0.1, 0.15) is 5.76 Å². The van der Waals surface area contributed by atoms with Crippen molar-refractivity contribution in [1.82, 2.24) is 0 Å². The van der Waals surface area contributed by atoms with E-state index in [-0.39, 0.29) is 0 Å². The number of benzene rings is 2. The third-order valence-electron chi connectivity index (χ3n) is 5.22. The summed E-state index contributed by atoms with van der Waals surface area (Å²) in [6.45, 7) is 2.09. The largest absolute Gasteiger partial charge is 0.447 e. The van der Waals surface area contributed by atoms with Gasteiger partial charge in [0, 0.05) is 11.0 Å². The van der Waals surface area contributed by atoms with E-state index in [0.29, 0.717) is 0 Å². The third kappa shape index (κ3) is 4.98. The van der Waals surface area contributed by atoms with Crippen molar-refractivity contribution in [2.24, 2.45) is 4.99 Å². The van der Waals surface area contributed by atoms with Crippen LogP contribution in [0.4, 0.5) is 5.69 Å². The standard InChI is InChI=1S/C24H24BrNOS/c1-17-7-13-22(14-8-17)28-24-23(25)15-21(27-24)16-26-20-11-9-19(10-12-20)18-5-3-2-4-6-18/h7-16,18H,2-6H2,1H3. The molecule has 0 aliphatic heterocycles. The van der Waals surface area contributed by atoms with E-state index in [0.717, 1.165) is 31.8 Å². The molecule has 28 heavy (non-hydrogen) atoms. The zero-order valence-electron chi connectivity index (χ0n) is 16.0. The summed E-state index contributed by atoms with van der Waals surface area (Å²) in [6.07, 6.45) is 8.55. The van der Waals surface area contributed by atoms with E-state index in [1.807, 2.05) is 6.07 Å². The summed E-state index contributed by atoms with van der Waals surface area (Å²) in [5.41, 5.74) is 3.67. The number of aryl methyl sites for hydroxylation is 1. The molecule has 0 saturated heterocycles. The van der Waals surface area contributed by atoms with Gasteiger partial charge in [-0.1, -0.05) is 60.9 Å². The summed E-state index contributed by atoms with van der Waals surface area (Å²) in [5.74, 6) is 1.48. The van der Waals surface area contributed by atoms with Crippen molar-refractivity contribution in [3.05, 3.63) is 76.0 Å². The monoisotopic (exact) mass is 453 g/mol. The van der Waals surface area contributed by atoms with Gasteiger partial charge in [0.15, 0.2) is 5.09 Å².